The fourth-order valence-corrected chi connectivity index (χ4v) is 5.07. The van der Waals surface area contributed by atoms with E-state index in [1.54, 1.807) is 5.57 Å². The van der Waals surface area contributed by atoms with Gasteiger partial charge in [-0.05, 0) is 44.9 Å². The van der Waals surface area contributed by atoms with Gasteiger partial charge in [-0.15, -0.1) is 0 Å². The van der Waals surface area contributed by atoms with E-state index in [2.05, 4.69) is 55.8 Å². The van der Waals surface area contributed by atoms with Gasteiger partial charge < -0.3 is 5.32 Å². The lowest BCUT2D eigenvalue weighted by atomic mass is 9.73. The molecular weight excluding hydrogens is 270 g/mol. The van der Waals surface area contributed by atoms with Crippen LogP contribution in [0, 0.1) is 11.3 Å². The first kappa shape index (κ1) is 16.5. The molecule has 3 nitrogen and oxygen atoms in total. The fourth-order valence-electron chi connectivity index (χ4n) is 5.07. The monoisotopic (exact) mass is 305 g/mol. The van der Waals surface area contributed by atoms with Crippen LogP contribution in [-0.2, 0) is 0 Å². The van der Waals surface area contributed by atoms with E-state index in [9.17, 15) is 0 Å². The number of fused-ring (bicyclic) bond motifs is 1. The summed E-state index contributed by atoms with van der Waals surface area (Å²) in [5.74, 6) is 0.848. The number of rotatable bonds is 3. The van der Waals surface area contributed by atoms with Crippen LogP contribution in [0.1, 0.15) is 47.5 Å². The molecule has 0 aromatic heterocycles. The molecule has 2 saturated heterocycles. The van der Waals surface area contributed by atoms with Crippen LogP contribution in [0.15, 0.2) is 11.6 Å². The van der Waals surface area contributed by atoms with Crippen LogP contribution in [0.2, 0.25) is 0 Å². The standard InChI is InChI=1S/C19H35N3/c1-14-6-7-17-18(10-14)22(13-19(17,4)5)16(3)12-21-9-8-20-15(2)11-21/h6,15-18,20H,7-13H2,1-5H3/t15-,16-,17-,18+/m1/s1. The molecular formula is C19H35N3. The summed E-state index contributed by atoms with van der Waals surface area (Å²) < 4.78 is 0. The second kappa shape index (κ2) is 6.26. The Labute approximate surface area is 137 Å². The van der Waals surface area contributed by atoms with Gasteiger partial charge in [-0.25, -0.2) is 0 Å². The number of piperazine rings is 1. The van der Waals surface area contributed by atoms with Gasteiger partial charge >= 0.3 is 0 Å². The fraction of sp³-hybridized carbons (Fsp3) is 0.895. The molecule has 3 rings (SSSR count). The Morgan fingerprint density at radius 2 is 2.18 bits per heavy atom. The number of likely N-dealkylation sites (tertiary alicyclic amines) is 1. The number of nitrogens with zero attached hydrogens (tertiary/aromatic N) is 2. The van der Waals surface area contributed by atoms with Crippen LogP contribution in [0.4, 0.5) is 0 Å². The highest BCUT2D eigenvalue weighted by atomic mass is 15.3. The summed E-state index contributed by atoms with van der Waals surface area (Å²) in [6.07, 6.45) is 5.07. The number of nitrogens with one attached hydrogen (secondary N) is 1. The number of allylic oxidation sites excluding steroid dienone is 1. The highest BCUT2D eigenvalue weighted by Crippen LogP contribution is 2.47. The summed E-state index contributed by atoms with van der Waals surface area (Å²) in [6, 6.07) is 2.09. The van der Waals surface area contributed by atoms with Gasteiger partial charge in [0.05, 0.1) is 0 Å². The smallest absolute Gasteiger partial charge is 0.0198 e. The quantitative estimate of drug-likeness (QED) is 0.809. The van der Waals surface area contributed by atoms with Gasteiger partial charge in [0.25, 0.3) is 0 Å². The summed E-state index contributed by atoms with van der Waals surface area (Å²) >= 11 is 0. The van der Waals surface area contributed by atoms with Crippen molar-refractivity contribution in [2.24, 2.45) is 11.3 Å². The summed E-state index contributed by atoms with van der Waals surface area (Å²) in [4.78, 5) is 5.51. The summed E-state index contributed by atoms with van der Waals surface area (Å²) in [7, 11) is 0. The average Bonchev–Trinajstić information content (AvgIpc) is 2.70. The topological polar surface area (TPSA) is 18.5 Å². The molecule has 3 heteroatoms. The van der Waals surface area contributed by atoms with E-state index < -0.39 is 0 Å². The zero-order valence-corrected chi connectivity index (χ0v) is 15.2. The molecule has 0 aromatic rings. The van der Waals surface area contributed by atoms with Crippen molar-refractivity contribution in [3.05, 3.63) is 11.6 Å². The Morgan fingerprint density at radius 1 is 1.41 bits per heavy atom. The third-order valence-corrected chi connectivity index (χ3v) is 6.28. The van der Waals surface area contributed by atoms with Gasteiger partial charge in [0.15, 0.2) is 0 Å². The van der Waals surface area contributed by atoms with E-state index in [-0.39, 0.29) is 0 Å². The summed E-state index contributed by atoms with van der Waals surface area (Å²) in [5.41, 5.74) is 2.07. The van der Waals surface area contributed by atoms with Crippen LogP contribution in [0.25, 0.3) is 0 Å². The molecule has 4 atom stereocenters. The molecule has 126 valence electrons. The van der Waals surface area contributed by atoms with Crippen LogP contribution < -0.4 is 5.32 Å². The van der Waals surface area contributed by atoms with Gasteiger partial charge in [-0.1, -0.05) is 25.5 Å². The molecule has 1 N–H and O–H groups in total. The molecule has 1 aliphatic carbocycles. The zero-order chi connectivity index (χ0) is 15.9. The predicted molar refractivity (Wildman–Crippen MR) is 94.1 cm³/mol. The highest BCUT2D eigenvalue weighted by molar-refractivity contribution is 5.14. The van der Waals surface area contributed by atoms with Crippen molar-refractivity contribution in [2.75, 3.05) is 32.7 Å². The molecule has 0 spiro atoms. The second-order valence-electron chi connectivity index (χ2n) is 8.79. The van der Waals surface area contributed by atoms with Crippen LogP contribution >= 0.6 is 0 Å². The molecule has 2 fully saturated rings. The maximum absolute atomic E-state index is 3.56. The van der Waals surface area contributed by atoms with Crippen LogP contribution in [0.3, 0.4) is 0 Å². The van der Waals surface area contributed by atoms with Gasteiger partial charge in [0.2, 0.25) is 0 Å². The molecule has 0 amide bonds. The largest absolute Gasteiger partial charge is 0.312 e. The molecule has 0 bridgehead atoms. The van der Waals surface area contributed by atoms with Gasteiger partial charge in [0.1, 0.15) is 0 Å². The Morgan fingerprint density at radius 3 is 2.91 bits per heavy atom. The van der Waals surface area contributed by atoms with Crippen molar-refractivity contribution in [3.63, 3.8) is 0 Å². The van der Waals surface area contributed by atoms with Gasteiger partial charge in [0, 0.05) is 50.8 Å². The second-order valence-corrected chi connectivity index (χ2v) is 8.79. The zero-order valence-electron chi connectivity index (χ0n) is 15.2. The lowest BCUT2D eigenvalue weighted by Crippen LogP contribution is -2.53. The van der Waals surface area contributed by atoms with Crippen LogP contribution in [0.5, 0.6) is 0 Å². The van der Waals surface area contributed by atoms with Crippen molar-refractivity contribution in [1.29, 1.82) is 0 Å². The molecule has 3 aliphatic rings. The number of hydrogen-bond donors (Lipinski definition) is 1. The molecule has 2 aliphatic heterocycles. The van der Waals surface area contributed by atoms with E-state index in [1.807, 2.05) is 0 Å². The van der Waals surface area contributed by atoms with Crippen molar-refractivity contribution < 1.29 is 0 Å². The maximum atomic E-state index is 3.56. The minimum absolute atomic E-state index is 0.465. The van der Waals surface area contributed by atoms with E-state index in [0.717, 1.165) is 18.5 Å². The van der Waals surface area contributed by atoms with E-state index >= 15 is 0 Å². The van der Waals surface area contributed by atoms with E-state index in [4.69, 9.17) is 0 Å². The van der Waals surface area contributed by atoms with Gasteiger partial charge in [-0.3, -0.25) is 9.80 Å². The van der Waals surface area contributed by atoms with E-state index in [1.165, 1.54) is 39.0 Å². The molecule has 0 saturated carbocycles. The average molecular weight is 306 g/mol. The minimum atomic E-state index is 0.465. The Bertz CT molecular complexity index is 428. The minimum Gasteiger partial charge on any atom is -0.312 e. The number of hydrogen-bond acceptors (Lipinski definition) is 3. The molecule has 0 radical (unpaired) electrons. The maximum Gasteiger partial charge on any atom is 0.0198 e. The first-order valence-electron chi connectivity index (χ1n) is 9.24. The summed E-state index contributed by atoms with van der Waals surface area (Å²) in [5, 5.41) is 3.56. The normalized spacial score (nSPS) is 37.7. The summed E-state index contributed by atoms with van der Waals surface area (Å²) in [6.45, 7) is 18.1. The van der Waals surface area contributed by atoms with Crippen molar-refractivity contribution in [3.8, 4) is 0 Å². The van der Waals surface area contributed by atoms with Crippen molar-refractivity contribution >= 4 is 0 Å². The SMILES string of the molecule is CC1=CC[C@@H]2[C@H](C1)N([C@H](C)CN1CCN[C@H](C)C1)CC2(C)C. The Kier molecular flexibility index (Phi) is 4.69. The molecule has 0 unspecified atom stereocenters. The Hall–Kier alpha value is -0.380. The molecule has 0 aromatic carbocycles. The third kappa shape index (κ3) is 3.27. The predicted octanol–water partition coefficient (Wildman–Crippen LogP) is 2.74. The first-order valence-corrected chi connectivity index (χ1v) is 9.24. The Balaban J connectivity index is 1.66. The van der Waals surface area contributed by atoms with Crippen LogP contribution in [-0.4, -0.2) is 60.6 Å². The molecule has 2 heterocycles. The molecule has 22 heavy (non-hydrogen) atoms. The lowest BCUT2D eigenvalue weighted by molar-refractivity contribution is 0.108. The van der Waals surface area contributed by atoms with Crippen molar-refractivity contribution in [1.82, 2.24) is 15.1 Å². The lowest BCUT2D eigenvalue weighted by Gasteiger charge is -2.39. The van der Waals surface area contributed by atoms with E-state index in [0.29, 0.717) is 17.5 Å². The first-order chi connectivity index (χ1) is 10.4. The van der Waals surface area contributed by atoms with Gasteiger partial charge in [-0.2, -0.15) is 0 Å². The van der Waals surface area contributed by atoms with Crippen molar-refractivity contribution in [2.45, 2.75) is 65.6 Å². The third-order valence-electron chi connectivity index (χ3n) is 6.28. The highest BCUT2D eigenvalue weighted by Gasteiger charge is 2.48.